The van der Waals surface area contributed by atoms with Crippen LogP contribution in [-0.2, 0) is 16.0 Å². The second-order valence-corrected chi connectivity index (χ2v) is 7.69. The molecule has 0 aliphatic carbocycles. The van der Waals surface area contributed by atoms with Crippen LogP contribution in [0.4, 0.5) is 5.69 Å². The van der Waals surface area contributed by atoms with Gasteiger partial charge in [0.05, 0.1) is 24.1 Å². The zero-order valence-electron chi connectivity index (χ0n) is 16.1. The number of carbonyl (C=O) groups excluding carboxylic acids is 1. The van der Waals surface area contributed by atoms with Gasteiger partial charge in [0.25, 0.3) is 5.91 Å². The molecule has 1 saturated heterocycles. The molecule has 6 nitrogen and oxygen atoms in total. The maximum absolute atomic E-state index is 12.4. The number of amidine groups is 1. The van der Waals surface area contributed by atoms with Gasteiger partial charge >= 0.3 is 5.97 Å². The molecule has 1 fully saturated rings. The van der Waals surface area contributed by atoms with E-state index in [9.17, 15) is 9.59 Å². The van der Waals surface area contributed by atoms with E-state index in [-0.39, 0.29) is 12.3 Å². The Morgan fingerprint density at radius 2 is 1.83 bits per heavy atom. The van der Waals surface area contributed by atoms with E-state index in [4.69, 9.17) is 9.84 Å². The van der Waals surface area contributed by atoms with E-state index in [2.05, 4.69) is 10.3 Å². The average molecular weight is 418 g/mol. The van der Waals surface area contributed by atoms with Gasteiger partial charge in [-0.1, -0.05) is 36.4 Å². The monoisotopic (exact) mass is 418 g/mol. The Bertz CT molecular complexity index is 1200. The summed E-state index contributed by atoms with van der Waals surface area (Å²) < 4.78 is 5.50. The van der Waals surface area contributed by atoms with Gasteiger partial charge in [-0.2, -0.15) is 0 Å². The van der Waals surface area contributed by atoms with Gasteiger partial charge in [-0.3, -0.25) is 9.59 Å². The fraction of sp³-hybridized carbons (Fsp3) is 0.0870. The van der Waals surface area contributed by atoms with E-state index in [0.717, 1.165) is 16.3 Å². The zero-order valence-corrected chi connectivity index (χ0v) is 16.9. The van der Waals surface area contributed by atoms with Crippen LogP contribution in [0.2, 0.25) is 0 Å². The SMILES string of the molecule is COc1cc2ccccc2cc1C=C1SC(=Nc2ccc(CC(=O)O)cc2)NC1=O. The first-order chi connectivity index (χ1) is 14.5. The molecule has 2 N–H and O–H groups in total. The number of nitrogens with zero attached hydrogens (tertiary/aromatic N) is 1. The molecule has 1 heterocycles. The summed E-state index contributed by atoms with van der Waals surface area (Å²) in [6.45, 7) is 0. The molecule has 3 aromatic carbocycles. The number of aliphatic carboxylic acids is 1. The summed E-state index contributed by atoms with van der Waals surface area (Å²) in [5, 5.41) is 14.2. The Morgan fingerprint density at radius 3 is 2.50 bits per heavy atom. The average Bonchev–Trinajstić information content (AvgIpc) is 3.07. The van der Waals surface area contributed by atoms with Crippen molar-refractivity contribution in [2.24, 2.45) is 4.99 Å². The van der Waals surface area contributed by atoms with E-state index in [1.54, 1.807) is 37.5 Å². The number of nitrogens with one attached hydrogen (secondary N) is 1. The van der Waals surface area contributed by atoms with Gasteiger partial charge in [0.15, 0.2) is 5.17 Å². The molecule has 0 saturated carbocycles. The summed E-state index contributed by atoms with van der Waals surface area (Å²) in [5.41, 5.74) is 2.14. The number of carbonyl (C=O) groups is 2. The molecule has 1 aliphatic heterocycles. The van der Waals surface area contributed by atoms with E-state index in [1.807, 2.05) is 36.4 Å². The molecular formula is C23H18N2O4S. The Labute approximate surface area is 177 Å². The van der Waals surface area contributed by atoms with Crippen molar-refractivity contribution in [3.63, 3.8) is 0 Å². The van der Waals surface area contributed by atoms with Crippen molar-refractivity contribution in [3.8, 4) is 5.75 Å². The third kappa shape index (κ3) is 4.36. The Kier molecular flexibility index (Phi) is 5.54. The van der Waals surface area contributed by atoms with Crippen molar-refractivity contribution in [1.82, 2.24) is 5.32 Å². The predicted molar refractivity (Wildman–Crippen MR) is 119 cm³/mol. The molecule has 1 amide bonds. The number of rotatable bonds is 5. The van der Waals surface area contributed by atoms with Gasteiger partial charge in [0.2, 0.25) is 0 Å². The van der Waals surface area contributed by atoms with Crippen LogP contribution in [0.5, 0.6) is 5.75 Å². The number of benzene rings is 3. The highest BCUT2D eigenvalue weighted by atomic mass is 32.2. The lowest BCUT2D eigenvalue weighted by molar-refractivity contribution is -0.136. The number of fused-ring (bicyclic) bond motifs is 1. The summed E-state index contributed by atoms with van der Waals surface area (Å²) in [7, 11) is 1.61. The fourth-order valence-electron chi connectivity index (χ4n) is 3.13. The minimum atomic E-state index is -0.883. The minimum absolute atomic E-state index is 0.0389. The van der Waals surface area contributed by atoms with Gasteiger partial charge < -0.3 is 15.2 Å². The Morgan fingerprint density at radius 1 is 1.13 bits per heavy atom. The van der Waals surface area contributed by atoms with E-state index in [0.29, 0.717) is 27.1 Å². The first kappa shape index (κ1) is 19.7. The fourth-order valence-corrected chi connectivity index (χ4v) is 3.96. The van der Waals surface area contributed by atoms with Crippen molar-refractivity contribution in [1.29, 1.82) is 0 Å². The standard InChI is InChI=1S/C23H18N2O4S/c1-29-19-12-16-5-3-2-4-15(16)11-17(19)13-20-22(28)25-23(30-20)24-18-8-6-14(7-9-18)10-21(26)27/h2-9,11-13H,10H2,1H3,(H,26,27)(H,24,25,28). The number of ether oxygens (including phenoxy) is 1. The van der Waals surface area contributed by atoms with Gasteiger partial charge in [-0.15, -0.1) is 0 Å². The first-order valence-electron chi connectivity index (χ1n) is 9.19. The number of aliphatic imine (C=N–C) groups is 1. The van der Waals surface area contributed by atoms with Crippen LogP contribution in [0, 0.1) is 0 Å². The van der Waals surface area contributed by atoms with Gasteiger partial charge in [0.1, 0.15) is 5.75 Å². The van der Waals surface area contributed by atoms with Crippen molar-refractivity contribution < 1.29 is 19.4 Å². The molecule has 1 aliphatic rings. The predicted octanol–water partition coefficient (Wildman–Crippen LogP) is 4.37. The van der Waals surface area contributed by atoms with Crippen molar-refractivity contribution in [3.05, 3.63) is 76.7 Å². The van der Waals surface area contributed by atoms with Crippen LogP contribution in [0.3, 0.4) is 0 Å². The van der Waals surface area contributed by atoms with Crippen molar-refractivity contribution >= 4 is 51.3 Å². The molecule has 0 radical (unpaired) electrons. The van der Waals surface area contributed by atoms with E-state index >= 15 is 0 Å². The first-order valence-corrected chi connectivity index (χ1v) is 10.0. The molecule has 3 aromatic rings. The van der Waals surface area contributed by atoms with Crippen LogP contribution < -0.4 is 10.1 Å². The third-order valence-corrected chi connectivity index (χ3v) is 5.47. The number of carboxylic acids is 1. The minimum Gasteiger partial charge on any atom is -0.496 e. The second-order valence-electron chi connectivity index (χ2n) is 6.66. The molecule has 7 heteroatoms. The van der Waals surface area contributed by atoms with Crippen LogP contribution in [0.1, 0.15) is 11.1 Å². The van der Waals surface area contributed by atoms with Crippen LogP contribution in [0.25, 0.3) is 16.8 Å². The molecule has 0 atom stereocenters. The summed E-state index contributed by atoms with van der Waals surface area (Å²) in [6, 6.07) is 18.8. The van der Waals surface area contributed by atoms with Crippen molar-refractivity contribution in [2.75, 3.05) is 7.11 Å². The zero-order chi connectivity index (χ0) is 21.1. The largest absolute Gasteiger partial charge is 0.496 e. The summed E-state index contributed by atoms with van der Waals surface area (Å²) in [5.74, 6) is -0.419. The number of hydrogen-bond acceptors (Lipinski definition) is 5. The smallest absolute Gasteiger partial charge is 0.307 e. The summed E-state index contributed by atoms with van der Waals surface area (Å²) in [6.07, 6.45) is 1.76. The second kappa shape index (κ2) is 8.42. The highest BCUT2D eigenvalue weighted by molar-refractivity contribution is 8.18. The summed E-state index contributed by atoms with van der Waals surface area (Å²) in [4.78, 5) is 28.2. The number of amides is 1. The van der Waals surface area contributed by atoms with Gasteiger partial charge in [-0.05, 0) is 58.4 Å². The lowest BCUT2D eigenvalue weighted by Crippen LogP contribution is -2.19. The molecule has 0 spiro atoms. The lowest BCUT2D eigenvalue weighted by atomic mass is 10.1. The Balaban J connectivity index is 1.59. The highest BCUT2D eigenvalue weighted by Crippen LogP contribution is 2.33. The van der Waals surface area contributed by atoms with Gasteiger partial charge in [0, 0.05) is 5.56 Å². The van der Waals surface area contributed by atoms with Crippen molar-refractivity contribution in [2.45, 2.75) is 6.42 Å². The van der Waals surface area contributed by atoms with Gasteiger partial charge in [-0.25, -0.2) is 4.99 Å². The van der Waals surface area contributed by atoms with Crippen LogP contribution >= 0.6 is 11.8 Å². The molecule has 30 heavy (non-hydrogen) atoms. The molecule has 0 bridgehead atoms. The van der Waals surface area contributed by atoms with E-state index in [1.165, 1.54) is 11.8 Å². The number of carboxylic acid groups (broad SMARTS) is 1. The topological polar surface area (TPSA) is 88.0 Å². The van der Waals surface area contributed by atoms with Crippen LogP contribution in [0.15, 0.2) is 70.6 Å². The number of hydrogen-bond donors (Lipinski definition) is 2. The highest BCUT2D eigenvalue weighted by Gasteiger charge is 2.24. The maximum atomic E-state index is 12.4. The molecule has 0 unspecified atom stereocenters. The molecule has 4 rings (SSSR count). The quantitative estimate of drug-likeness (QED) is 0.601. The Hall–Kier alpha value is -3.58. The normalized spacial score (nSPS) is 16.2. The van der Waals surface area contributed by atoms with E-state index < -0.39 is 5.97 Å². The molecular weight excluding hydrogens is 400 g/mol. The maximum Gasteiger partial charge on any atom is 0.307 e. The summed E-state index contributed by atoms with van der Waals surface area (Å²) >= 11 is 1.25. The molecule has 0 aromatic heterocycles. The number of methoxy groups -OCH3 is 1. The van der Waals surface area contributed by atoms with Crippen LogP contribution in [-0.4, -0.2) is 29.3 Å². The number of thioether (sulfide) groups is 1. The molecule has 150 valence electrons. The third-order valence-electron chi connectivity index (χ3n) is 4.56. The lowest BCUT2D eigenvalue weighted by Gasteiger charge is -2.07.